The smallest absolute Gasteiger partial charge is 0.0541 e. The van der Waals surface area contributed by atoms with Crippen molar-refractivity contribution in [1.29, 1.82) is 0 Å². The Kier molecular flexibility index (Phi) is 4.93. The van der Waals surface area contributed by atoms with Gasteiger partial charge in [0.25, 0.3) is 0 Å². The molecule has 2 heteroatoms. The largest absolute Gasteiger partial charge is 0.355 e. The van der Waals surface area contributed by atoms with E-state index in [1.54, 1.807) is 0 Å². The van der Waals surface area contributed by atoms with Crippen LogP contribution in [0.5, 0.6) is 0 Å². The second-order valence-electron chi connectivity index (χ2n) is 11.1. The monoisotopic (exact) mass is 534 g/mol. The number of benzene rings is 7. The normalized spacial score (nSPS) is 11.8. The lowest BCUT2D eigenvalue weighted by molar-refractivity contribution is 1.18. The fourth-order valence-corrected chi connectivity index (χ4v) is 6.73. The third-order valence-electron chi connectivity index (χ3n) is 8.74. The molecule has 0 saturated carbocycles. The predicted molar refractivity (Wildman–Crippen MR) is 179 cm³/mol. The Morgan fingerprint density at radius 3 is 1.64 bits per heavy atom. The average molecular weight is 535 g/mol. The standard InChI is InChI=1S/C40H26N2/c1-2-10-31-27(8-1)9-7-13-32(31)29-19-23-38-36(25-29)35-24-28(18-22-37(35)41-38)26-16-20-30(21-17-26)42-39-14-5-3-11-33(39)34-12-4-6-15-40(34)42/h1-25,41H. The Balaban J connectivity index is 1.15. The molecule has 9 rings (SSSR count). The van der Waals surface area contributed by atoms with E-state index in [1.807, 2.05) is 0 Å². The van der Waals surface area contributed by atoms with Crippen molar-refractivity contribution in [3.05, 3.63) is 152 Å². The first-order valence-electron chi connectivity index (χ1n) is 14.4. The van der Waals surface area contributed by atoms with Crippen molar-refractivity contribution >= 4 is 54.4 Å². The summed E-state index contributed by atoms with van der Waals surface area (Å²) < 4.78 is 2.37. The molecular formula is C40H26N2. The maximum atomic E-state index is 3.63. The fourth-order valence-electron chi connectivity index (χ4n) is 6.73. The van der Waals surface area contributed by atoms with Crippen molar-refractivity contribution in [3.8, 4) is 27.9 Å². The van der Waals surface area contributed by atoms with Crippen molar-refractivity contribution in [3.63, 3.8) is 0 Å². The molecule has 0 fully saturated rings. The summed E-state index contributed by atoms with van der Waals surface area (Å²) in [6.07, 6.45) is 0. The van der Waals surface area contributed by atoms with Crippen molar-refractivity contribution in [2.75, 3.05) is 0 Å². The highest BCUT2D eigenvalue weighted by atomic mass is 15.0. The van der Waals surface area contributed by atoms with Crippen LogP contribution in [0.4, 0.5) is 0 Å². The first kappa shape index (κ1) is 23.1. The number of fused-ring (bicyclic) bond motifs is 7. The van der Waals surface area contributed by atoms with Crippen LogP contribution in [0.25, 0.3) is 82.3 Å². The first-order chi connectivity index (χ1) is 20.8. The summed E-state index contributed by atoms with van der Waals surface area (Å²) in [6, 6.07) is 55.0. The molecule has 2 heterocycles. The number of aromatic nitrogens is 2. The summed E-state index contributed by atoms with van der Waals surface area (Å²) >= 11 is 0. The number of H-pyrrole nitrogens is 1. The van der Waals surface area contributed by atoms with E-state index in [-0.39, 0.29) is 0 Å². The van der Waals surface area contributed by atoms with E-state index in [0.717, 1.165) is 11.0 Å². The van der Waals surface area contributed by atoms with Crippen molar-refractivity contribution in [1.82, 2.24) is 9.55 Å². The van der Waals surface area contributed by atoms with Gasteiger partial charge >= 0.3 is 0 Å². The van der Waals surface area contributed by atoms with E-state index < -0.39 is 0 Å². The maximum absolute atomic E-state index is 3.63. The minimum atomic E-state index is 1.16. The minimum absolute atomic E-state index is 1.16. The van der Waals surface area contributed by atoms with Gasteiger partial charge in [0.1, 0.15) is 0 Å². The van der Waals surface area contributed by atoms with Gasteiger partial charge in [0.15, 0.2) is 0 Å². The summed E-state index contributed by atoms with van der Waals surface area (Å²) in [5, 5.41) is 7.61. The molecule has 0 amide bonds. The molecule has 0 aliphatic carbocycles. The Morgan fingerprint density at radius 2 is 0.929 bits per heavy atom. The summed E-state index contributed by atoms with van der Waals surface area (Å²) in [6.45, 7) is 0. The summed E-state index contributed by atoms with van der Waals surface area (Å²) in [7, 11) is 0. The third-order valence-corrected chi connectivity index (χ3v) is 8.74. The Labute approximate surface area is 243 Å². The van der Waals surface area contributed by atoms with Gasteiger partial charge in [0, 0.05) is 38.3 Å². The molecule has 2 nitrogen and oxygen atoms in total. The van der Waals surface area contributed by atoms with Gasteiger partial charge in [-0.3, -0.25) is 0 Å². The van der Waals surface area contributed by atoms with E-state index in [0.29, 0.717) is 0 Å². The van der Waals surface area contributed by atoms with Crippen LogP contribution in [0.3, 0.4) is 0 Å². The number of nitrogens with zero attached hydrogens (tertiary/aromatic N) is 1. The third kappa shape index (κ3) is 3.45. The molecule has 0 unspecified atom stereocenters. The molecule has 9 aromatic rings. The van der Waals surface area contributed by atoms with E-state index >= 15 is 0 Å². The zero-order chi connectivity index (χ0) is 27.6. The number of aromatic amines is 1. The molecule has 0 bridgehead atoms. The van der Waals surface area contributed by atoms with E-state index in [2.05, 4.69) is 161 Å². The molecule has 2 aromatic heterocycles. The van der Waals surface area contributed by atoms with Gasteiger partial charge in [-0.05, 0) is 81.6 Å². The second-order valence-corrected chi connectivity index (χ2v) is 11.1. The van der Waals surface area contributed by atoms with Crippen LogP contribution < -0.4 is 0 Å². The van der Waals surface area contributed by atoms with Gasteiger partial charge in [-0.2, -0.15) is 0 Å². The van der Waals surface area contributed by atoms with Gasteiger partial charge in [-0.15, -0.1) is 0 Å². The number of hydrogen-bond acceptors (Lipinski definition) is 0. The number of para-hydroxylation sites is 2. The number of rotatable bonds is 3. The highest BCUT2D eigenvalue weighted by Crippen LogP contribution is 2.36. The first-order valence-corrected chi connectivity index (χ1v) is 14.4. The zero-order valence-corrected chi connectivity index (χ0v) is 22.9. The molecule has 0 saturated heterocycles. The quantitative estimate of drug-likeness (QED) is 0.233. The van der Waals surface area contributed by atoms with Crippen molar-refractivity contribution in [2.45, 2.75) is 0 Å². The van der Waals surface area contributed by atoms with Crippen LogP contribution in [0.15, 0.2) is 152 Å². The van der Waals surface area contributed by atoms with Gasteiger partial charge in [-0.1, -0.05) is 103 Å². The van der Waals surface area contributed by atoms with Gasteiger partial charge < -0.3 is 9.55 Å². The molecule has 196 valence electrons. The van der Waals surface area contributed by atoms with E-state index in [9.17, 15) is 0 Å². The lowest BCUT2D eigenvalue weighted by Gasteiger charge is -2.10. The summed E-state index contributed by atoms with van der Waals surface area (Å²) in [5.74, 6) is 0. The molecule has 1 N–H and O–H groups in total. The highest BCUT2D eigenvalue weighted by Gasteiger charge is 2.13. The molecule has 0 aliphatic heterocycles. The molecule has 0 aliphatic rings. The minimum Gasteiger partial charge on any atom is -0.355 e. The van der Waals surface area contributed by atoms with Crippen LogP contribution in [0.1, 0.15) is 0 Å². The van der Waals surface area contributed by atoms with Crippen LogP contribution in [0.2, 0.25) is 0 Å². The second kappa shape index (κ2) is 8.95. The topological polar surface area (TPSA) is 20.7 Å². The van der Waals surface area contributed by atoms with Gasteiger partial charge in [-0.25, -0.2) is 0 Å². The van der Waals surface area contributed by atoms with Crippen LogP contribution in [-0.2, 0) is 0 Å². The molecular weight excluding hydrogens is 508 g/mol. The highest BCUT2D eigenvalue weighted by molar-refractivity contribution is 6.11. The summed E-state index contributed by atoms with van der Waals surface area (Å²) in [5.41, 5.74) is 10.9. The van der Waals surface area contributed by atoms with E-state index in [4.69, 9.17) is 0 Å². The summed E-state index contributed by atoms with van der Waals surface area (Å²) in [4.78, 5) is 3.63. The van der Waals surface area contributed by atoms with Crippen molar-refractivity contribution < 1.29 is 0 Å². The van der Waals surface area contributed by atoms with Crippen LogP contribution in [-0.4, -0.2) is 9.55 Å². The number of nitrogens with one attached hydrogen (secondary N) is 1. The SMILES string of the molecule is c1ccc2c(-c3ccc4[nH]c5ccc(-c6ccc(-n7c8ccccc8c8ccccc87)cc6)cc5c4c3)cccc2c1. The van der Waals surface area contributed by atoms with Gasteiger partial charge in [0.2, 0.25) is 0 Å². The zero-order valence-electron chi connectivity index (χ0n) is 22.9. The van der Waals surface area contributed by atoms with Crippen molar-refractivity contribution in [2.24, 2.45) is 0 Å². The molecule has 0 radical (unpaired) electrons. The molecule has 0 spiro atoms. The Bertz CT molecular complexity index is 2400. The number of hydrogen-bond donors (Lipinski definition) is 1. The Hall–Kier alpha value is -5.60. The molecule has 42 heavy (non-hydrogen) atoms. The lowest BCUT2D eigenvalue weighted by atomic mass is 9.96. The molecule has 0 atom stereocenters. The van der Waals surface area contributed by atoms with Crippen LogP contribution >= 0.6 is 0 Å². The molecule has 7 aromatic carbocycles. The van der Waals surface area contributed by atoms with Gasteiger partial charge in [0.05, 0.1) is 11.0 Å². The fraction of sp³-hybridized carbons (Fsp3) is 0. The predicted octanol–water partition coefficient (Wildman–Crippen LogP) is 10.9. The lowest BCUT2D eigenvalue weighted by Crippen LogP contribution is -1.93. The Morgan fingerprint density at radius 1 is 0.381 bits per heavy atom. The van der Waals surface area contributed by atoms with E-state index in [1.165, 1.54) is 71.3 Å². The van der Waals surface area contributed by atoms with Crippen LogP contribution in [0, 0.1) is 0 Å². The maximum Gasteiger partial charge on any atom is 0.0541 e. The average Bonchev–Trinajstić information content (AvgIpc) is 3.59.